The Kier molecular flexibility index (Phi) is 5.39. The zero-order valence-corrected chi connectivity index (χ0v) is 16.3. The van der Waals surface area contributed by atoms with E-state index in [2.05, 4.69) is 43.2 Å². The minimum atomic E-state index is -0.529. The van der Waals surface area contributed by atoms with Crippen LogP contribution >= 0.6 is 0 Å². The molecule has 9 nitrogen and oxygen atoms in total. The van der Waals surface area contributed by atoms with Crippen LogP contribution in [0.1, 0.15) is 23.9 Å². The third kappa shape index (κ3) is 3.77. The number of likely N-dealkylation sites (N-methyl/N-ethyl adjacent to an activating group) is 1. The third-order valence-corrected chi connectivity index (χ3v) is 4.91. The number of aliphatic imine (C=N–C) groups is 1. The summed E-state index contributed by atoms with van der Waals surface area (Å²) in [6.07, 6.45) is 9.30. The van der Waals surface area contributed by atoms with Crippen molar-refractivity contribution in [1.29, 1.82) is 0 Å². The maximum atomic E-state index is 12.1. The third-order valence-electron chi connectivity index (χ3n) is 4.91. The van der Waals surface area contributed by atoms with Gasteiger partial charge in [-0.2, -0.15) is 5.10 Å². The molecule has 4 N–H and O–H groups in total. The number of allylic oxidation sites excluding steroid dienone is 1. The predicted molar refractivity (Wildman–Crippen MR) is 111 cm³/mol. The van der Waals surface area contributed by atoms with E-state index in [1.54, 1.807) is 24.9 Å². The van der Waals surface area contributed by atoms with Gasteiger partial charge in [0.1, 0.15) is 17.9 Å². The highest BCUT2D eigenvalue weighted by Gasteiger charge is 2.30. The number of hydrogen-bond donors (Lipinski definition) is 4. The summed E-state index contributed by atoms with van der Waals surface area (Å²) in [4.78, 5) is 20.0. The Morgan fingerprint density at radius 3 is 3.00 bits per heavy atom. The Hall–Kier alpha value is -3.46. The largest absolute Gasteiger partial charge is 0.364 e. The molecule has 4 rings (SSSR count). The summed E-state index contributed by atoms with van der Waals surface area (Å²) >= 11 is 0. The van der Waals surface area contributed by atoms with Crippen LogP contribution in [0.4, 0.5) is 0 Å². The van der Waals surface area contributed by atoms with Gasteiger partial charge in [0, 0.05) is 35.9 Å². The van der Waals surface area contributed by atoms with Gasteiger partial charge in [0.25, 0.3) is 5.91 Å². The molecule has 9 heteroatoms. The quantitative estimate of drug-likeness (QED) is 0.534. The molecule has 0 fully saturated rings. The molecule has 29 heavy (non-hydrogen) atoms. The normalized spacial score (nSPS) is 19.5. The molecule has 1 amide bonds. The van der Waals surface area contributed by atoms with Gasteiger partial charge < -0.3 is 20.1 Å². The fourth-order valence-electron chi connectivity index (χ4n) is 3.54. The second-order valence-electron chi connectivity index (χ2n) is 6.77. The molecular weight excluding hydrogens is 370 g/mol. The van der Waals surface area contributed by atoms with Gasteiger partial charge in [-0.25, -0.2) is 5.43 Å². The van der Waals surface area contributed by atoms with E-state index < -0.39 is 5.92 Å². The second kappa shape index (κ2) is 8.27. The van der Waals surface area contributed by atoms with Crippen LogP contribution in [0.15, 0.2) is 45.0 Å². The number of aromatic amines is 1. The summed E-state index contributed by atoms with van der Waals surface area (Å²) in [5, 5.41) is 14.6. The van der Waals surface area contributed by atoms with Crippen molar-refractivity contribution in [2.45, 2.75) is 20.3 Å². The number of hydrazone groups is 1. The van der Waals surface area contributed by atoms with Crippen LogP contribution in [-0.4, -0.2) is 41.1 Å². The molecule has 0 aromatic carbocycles. The van der Waals surface area contributed by atoms with Gasteiger partial charge in [-0.3, -0.25) is 9.79 Å². The summed E-state index contributed by atoms with van der Waals surface area (Å²) < 4.78 is 5.10. The van der Waals surface area contributed by atoms with E-state index in [0.29, 0.717) is 5.71 Å². The number of hydrogen-bond acceptors (Lipinski definition) is 7. The van der Waals surface area contributed by atoms with Crippen molar-refractivity contribution < 1.29 is 9.32 Å². The van der Waals surface area contributed by atoms with Crippen LogP contribution in [0.25, 0.3) is 17.3 Å². The Balaban J connectivity index is 1.75. The molecule has 2 aliphatic heterocycles. The highest BCUT2D eigenvalue weighted by Crippen LogP contribution is 2.31. The lowest BCUT2D eigenvalue weighted by Gasteiger charge is -2.16. The molecule has 150 valence electrons. The van der Waals surface area contributed by atoms with Crippen molar-refractivity contribution in [3.8, 4) is 11.3 Å². The van der Waals surface area contributed by atoms with Gasteiger partial charge in [-0.1, -0.05) is 12.1 Å². The van der Waals surface area contributed by atoms with E-state index in [1.807, 2.05) is 19.1 Å². The molecule has 2 aromatic heterocycles. The topological polar surface area (TPSA) is 120 Å². The standard InChI is InChI=1S/C20H23N7O2/c1-3-21-6-4-13-12(2)25-16(18(13)15-5-9-29-27-15)10-17-19(23-8-7-22-17)14-11-24-26-20(14)28/h5,7-11,14,21-22,25H,3-4,6H2,1-2H3,(H,26,28). The number of rotatable bonds is 7. The highest BCUT2D eigenvalue weighted by atomic mass is 16.5. The Bertz CT molecular complexity index is 1010. The van der Waals surface area contributed by atoms with Crippen LogP contribution in [0, 0.1) is 12.8 Å². The minimum absolute atomic E-state index is 0.197. The first-order valence-electron chi connectivity index (χ1n) is 9.56. The van der Waals surface area contributed by atoms with Crippen molar-refractivity contribution in [2.24, 2.45) is 16.0 Å². The number of nitrogens with one attached hydrogen (secondary N) is 4. The number of H-pyrrole nitrogens is 1. The maximum absolute atomic E-state index is 12.1. The van der Waals surface area contributed by atoms with E-state index in [9.17, 15) is 4.79 Å². The van der Waals surface area contributed by atoms with Crippen LogP contribution in [0.2, 0.25) is 0 Å². The molecule has 1 unspecified atom stereocenters. The van der Waals surface area contributed by atoms with Crippen molar-refractivity contribution in [3.05, 3.63) is 47.4 Å². The number of aromatic nitrogens is 2. The molecule has 4 heterocycles. The van der Waals surface area contributed by atoms with Gasteiger partial charge in [-0.15, -0.1) is 0 Å². The van der Waals surface area contributed by atoms with Crippen LogP contribution in [0.3, 0.4) is 0 Å². The molecule has 2 aliphatic rings. The Labute approximate surface area is 168 Å². The van der Waals surface area contributed by atoms with Crippen molar-refractivity contribution in [3.63, 3.8) is 0 Å². The summed E-state index contributed by atoms with van der Waals surface area (Å²) in [6.45, 7) is 5.92. The van der Waals surface area contributed by atoms with Gasteiger partial charge in [-0.05, 0) is 38.1 Å². The summed E-state index contributed by atoms with van der Waals surface area (Å²) in [7, 11) is 0. The number of aryl methyl sites for hydroxylation is 1. The summed E-state index contributed by atoms with van der Waals surface area (Å²) in [6, 6.07) is 1.85. The monoisotopic (exact) mass is 393 g/mol. The van der Waals surface area contributed by atoms with Gasteiger partial charge in [0.05, 0.1) is 17.1 Å². The first kappa shape index (κ1) is 18.9. The molecule has 0 radical (unpaired) electrons. The fourth-order valence-corrected chi connectivity index (χ4v) is 3.54. The van der Waals surface area contributed by atoms with E-state index in [-0.39, 0.29) is 5.91 Å². The van der Waals surface area contributed by atoms with Crippen molar-refractivity contribution in [2.75, 3.05) is 13.1 Å². The molecule has 0 saturated heterocycles. The van der Waals surface area contributed by atoms with Crippen molar-refractivity contribution >= 4 is 23.9 Å². The van der Waals surface area contributed by atoms with E-state index in [4.69, 9.17) is 4.52 Å². The lowest BCUT2D eigenvalue weighted by atomic mass is 9.98. The van der Waals surface area contributed by atoms with Crippen LogP contribution in [0.5, 0.6) is 0 Å². The molecule has 0 bridgehead atoms. The van der Waals surface area contributed by atoms with E-state index >= 15 is 0 Å². The van der Waals surface area contributed by atoms with Gasteiger partial charge in [0.15, 0.2) is 0 Å². The maximum Gasteiger partial charge on any atom is 0.254 e. The second-order valence-corrected chi connectivity index (χ2v) is 6.77. The van der Waals surface area contributed by atoms with E-state index in [1.165, 1.54) is 5.56 Å². The number of carbonyl (C=O) groups excluding carboxylic acids is 1. The van der Waals surface area contributed by atoms with Gasteiger partial charge >= 0.3 is 0 Å². The predicted octanol–water partition coefficient (Wildman–Crippen LogP) is 1.72. The number of nitrogens with zero attached hydrogens (tertiary/aromatic N) is 3. The molecule has 0 aliphatic carbocycles. The fraction of sp³-hybridized carbons (Fsp3) is 0.300. The van der Waals surface area contributed by atoms with E-state index in [0.717, 1.165) is 47.9 Å². The highest BCUT2D eigenvalue weighted by molar-refractivity contribution is 6.24. The van der Waals surface area contributed by atoms with Crippen LogP contribution < -0.4 is 16.1 Å². The molecule has 0 saturated carbocycles. The lowest BCUT2D eigenvalue weighted by Crippen LogP contribution is -2.32. The first-order chi connectivity index (χ1) is 14.2. The average molecular weight is 393 g/mol. The van der Waals surface area contributed by atoms with Crippen LogP contribution in [-0.2, 0) is 11.2 Å². The average Bonchev–Trinajstić information content (AvgIpc) is 3.44. The van der Waals surface area contributed by atoms with Crippen molar-refractivity contribution in [1.82, 2.24) is 26.2 Å². The number of amides is 1. The molecule has 0 spiro atoms. The zero-order chi connectivity index (χ0) is 20.2. The minimum Gasteiger partial charge on any atom is -0.364 e. The first-order valence-corrected chi connectivity index (χ1v) is 9.56. The summed E-state index contributed by atoms with van der Waals surface area (Å²) in [5.41, 5.74) is 8.67. The Morgan fingerprint density at radius 1 is 1.38 bits per heavy atom. The smallest absolute Gasteiger partial charge is 0.254 e. The molecule has 1 atom stereocenters. The molecule has 2 aromatic rings. The summed E-state index contributed by atoms with van der Waals surface area (Å²) in [5.74, 6) is -0.726. The SMILES string of the molecule is CCNCCc1c(C)[nH]c(C=C2NC=CN=C2C2C=NNC2=O)c1-c1ccon1. The zero-order valence-electron chi connectivity index (χ0n) is 16.3. The lowest BCUT2D eigenvalue weighted by molar-refractivity contribution is -0.120. The Morgan fingerprint density at radius 2 is 2.28 bits per heavy atom. The number of carbonyl (C=O) groups is 1. The van der Waals surface area contributed by atoms with Gasteiger partial charge in [0.2, 0.25) is 0 Å². The molecular formula is C20H23N7O2.